The van der Waals surface area contributed by atoms with Crippen molar-refractivity contribution in [2.24, 2.45) is 0 Å². The molecule has 1 aromatic rings. The van der Waals surface area contributed by atoms with Gasteiger partial charge in [0.2, 0.25) is 0 Å². The van der Waals surface area contributed by atoms with Crippen LogP contribution in [0.4, 0.5) is 13.2 Å². The highest BCUT2D eigenvalue weighted by atomic mass is 35.5. The van der Waals surface area contributed by atoms with Gasteiger partial charge >= 0.3 is 6.18 Å². The zero-order chi connectivity index (χ0) is 13.2. The van der Waals surface area contributed by atoms with Crippen molar-refractivity contribution in [2.75, 3.05) is 5.88 Å². The number of aryl methyl sites for hydroxylation is 1. The Balaban J connectivity index is 3.51. The van der Waals surface area contributed by atoms with Gasteiger partial charge in [-0.15, -0.1) is 11.6 Å². The lowest BCUT2D eigenvalue weighted by atomic mass is 9.97. The lowest BCUT2D eigenvalue weighted by Crippen LogP contribution is -2.11. The van der Waals surface area contributed by atoms with Crippen LogP contribution < -0.4 is 0 Å². The Morgan fingerprint density at radius 3 is 2.47 bits per heavy atom. The van der Waals surface area contributed by atoms with Crippen LogP contribution in [0.15, 0.2) is 12.1 Å². The summed E-state index contributed by atoms with van der Waals surface area (Å²) in [4.78, 5) is 11.4. The van der Waals surface area contributed by atoms with Gasteiger partial charge in [0.1, 0.15) is 6.07 Å². The minimum Gasteiger partial charge on any atom is -0.293 e. The molecule has 0 heterocycles. The van der Waals surface area contributed by atoms with Gasteiger partial charge in [-0.1, -0.05) is 0 Å². The zero-order valence-electron chi connectivity index (χ0n) is 8.73. The number of carbonyl (C=O) groups excluding carboxylic acids is 1. The molecule has 6 heteroatoms. The number of Topliss-reactive ketones (excluding diaryl/α,β-unsaturated/α-hetero) is 1. The number of hydrogen-bond donors (Lipinski definition) is 0. The average molecular weight is 262 g/mol. The van der Waals surface area contributed by atoms with Crippen LogP contribution >= 0.6 is 11.6 Å². The maximum atomic E-state index is 12.5. The first kappa shape index (κ1) is 13.5. The summed E-state index contributed by atoms with van der Waals surface area (Å²) in [5, 5.41) is 8.81. The van der Waals surface area contributed by atoms with E-state index in [9.17, 15) is 18.0 Å². The lowest BCUT2D eigenvalue weighted by Gasteiger charge is -2.11. The fourth-order valence-electron chi connectivity index (χ4n) is 1.39. The molecule has 17 heavy (non-hydrogen) atoms. The number of rotatable bonds is 2. The van der Waals surface area contributed by atoms with Crippen LogP contribution in [0.5, 0.6) is 0 Å². The molecule has 0 aliphatic rings. The van der Waals surface area contributed by atoms with Crippen LogP contribution in [0.2, 0.25) is 0 Å². The van der Waals surface area contributed by atoms with Gasteiger partial charge in [-0.25, -0.2) is 0 Å². The predicted molar refractivity (Wildman–Crippen MR) is 55.9 cm³/mol. The van der Waals surface area contributed by atoms with E-state index in [-0.39, 0.29) is 16.7 Å². The van der Waals surface area contributed by atoms with Crippen LogP contribution in [0, 0.1) is 18.3 Å². The number of halogens is 4. The van der Waals surface area contributed by atoms with E-state index in [1.165, 1.54) is 6.92 Å². The minimum absolute atomic E-state index is 0.0661. The van der Waals surface area contributed by atoms with Crippen LogP contribution in [0.1, 0.15) is 27.0 Å². The number of ketones is 1. The number of nitriles is 1. The second-order valence-corrected chi connectivity index (χ2v) is 3.65. The Morgan fingerprint density at radius 2 is 2.06 bits per heavy atom. The molecule has 1 rings (SSSR count). The van der Waals surface area contributed by atoms with Crippen molar-refractivity contribution in [3.63, 3.8) is 0 Å². The molecule has 0 aliphatic heterocycles. The maximum Gasteiger partial charge on any atom is 0.416 e. The largest absolute Gasteiger partial charge is 0.416 e. The van der Waals surface area contributed by atoms with Crippen molar-refractivity contribution in [1.82, 2.24) is 0 Å². The molecule has 0 saturated carbocycles. The molecule has 0 spiro atoms. The second kappa shape index (κ2) is 4.76. The molecule has 0 N–H and O–H groups in total. The van der Waals surface area contributed by atoms with Crippen LogP contribution in [0.3, 0.4) is 0 Å². The average Bonchev–Trinajstić information content (AvgIpc) is 2.25. The molecular weight excluding hydrogens is 255 g/mol. The molecule has 90 valence electrons. The summed E-state index contributed by atoms with van der Waals surface area (Å²) in [6.45, 7) is 1.35. The minimum atomic E-state index is -4.56. The molecule has 0 aromatic heterocycles. The SMILES string of the molecule is Cc1cc(C(F)(F)F)cc(C(=O)CCl)c1C#N. The van der Waals surface area contributed by atoms with Crippen molar-refractivity contribution in [1.29, 1.82) is 5.26 Å². The van der Waals surface area contributed by atoms with E-state index in [2.05, 4.69) is 0 Å². The highest BCUT2D eigenvalue weighted by Gasteiger charge is 2.32. The van der Waals surface area contributed by atoms with E-state index in [0.29, 0.717) is 6.07 Å². The van der Waals surface area contributed by atoms with E-state index < -0.39 is 23.4 Å². The van der Waals surface area contributed by atoms with Gasteiger partial charge in [0.15, 0.2) is 5.78 Å². The van der Waals surface area contributed by atoms with Gasteiger partial charge in [-0.2, -0.15) is 18.4 Å². The van der Waals surface area contributed by atoms with Gasteiger partial charge in [-0.3, -0.25) is 4.79 Å². The van der Waals surface area contributed by atoms with Crippen LogP contribution in [-0.4, -0.2) is 11.7 Å². The van der Waals surface area contributed by atoms with Gasteiger partial charge in [0, 0.05) is 5.56 Å². The quantitative estimate of drug-likeness (QED) is 0.605. The predicted octanol–water partition coefficient (Wildman–Crippen LogP) is 3.31. The number of benzene rings is 1. The third-order valence-electron chi connectivity index (χ3n) is 2.20. The topological polar surface area (TPSA) is 40.9 Å². The first-order valence-corrected chi connectivity index (χ1v) is 5.05. The molecule has 0 radical (unpaired) electrons. The lowest BCUT2D eigenvalue weighted by molar-refractivity contribution is -0.137. The maximum absolute atomic E-state index is 12.5. The second-order valence-electron chi connectivity index (χ2n) is 3.38. The van der Waals surface area contributed by atoms with Gasteiger partial charge < -0.3 is 0 Å². The number of nitrogens with zero attached hydrogens (tertiary/aromatic N) is 1. The van der Waals surface area contributed by atoms with Crippen molar-refractivity contribution in [3.8, 4) is 6.07 Å². The normalized spacial score (nSPS) is 11.1. The van der Waals surface area contributed by atoms with Crippen LogP contribution in [0.25, 0.3) is 0 Å². The molecule has 0 aliphatic carbocycles. The molecule has 0 fully saturated rings. The van der Waals surface area contributed by atoms with E-state index in [4.69, 9.17) is 16.9 Å². The fraction of sp³-hybridized carbons (Fsp3) is 0.273. The molecule has 0 unspecified atom stereocenters. The first-order valence-electron chi connectivity index (χ1n) is 4.52. The van der Waals surface area contributed by atoms with E-state index >= 15 is 0 Å². The van der Waals surface area contributed by atoms with E-state index in [1.807, 2.05) is 0 Å². The summed E-state index contributed by atoms with van der Waals surface area (Å²) < 4.78 is 37.6. The highest BCUT2D eigenvalue weighted by Crippen LogP contribution is 2.32. The Bertz CT molecular complexity index is 503. The number of carbonyl (C=O) groups is 1. The molecule has 2 nitrogen and oxygen atoms in total. The standard InChI is InChI=1S/C11H7ClF3NO/c1-6-2-7(11(13,14)15)3-8(9(6)5-16)10(17)4-12/h2-3H,4H2,1H3. The third kappa shape index (κ3) is 2.77. The first-order chi connectivity index (χ1) is 7.81. The van der Waals surface area contributed by atoms with E-state index in [1.54, 1.807) is 6.07 Å². The Hall–Kier alpha value is -1.54. The zero-order valence-corrected chi connectivity index (χ0v) is 9.49. The number of alkyl halides is 4. The molecule has 1 aromatic carbocycles. The van der Waals surface area contributed by atoms with Crippen molar-refractivity contribution in [2.45, 2.75) is 13.1 Å². The van der Waals surface area contributed by atoms with Gasteiger partial charge in [-0.05, 0) is 24.6 Å². The summed E-state index contributed by atoms with van der Waals surface area (Å²) in [5.74, 6) is -1.16. The third-order valence-corrected chi connectivity index (χ3v) is 2.44. The Labute approximate surface area is 101 Å². The number of hydrogen-bond acceptors (Lipinski definition) is 2. The summed E-state index contributed by atoms with van der Waals surface area (Å²) >= 11 is 5.29. The van der Waals surface area contributed by atoms with E-state index in [0.717, 1.165) is 6.07 Å². The highest BCUT2D eigenvalue weighted by molar-refractivity contribution is 6.30. The smallest absolute Gasteiger partial charge is 0.293 e. The Kier molecular flexibility index (Phi) is 3.79. The van der Waals surface area contributed by atoms with Crippen molar-refractivity contribution < 1.29 is 18.0 Å². The van der Waals surface area contributed by atoms with Crippen molar-refractivity contribution >= 4 is 17.4 Å². The molecule has 0 atom stereocenters. The van der Waals surface area contributed by atoms with Crippen LogP contribution in [-0.2, 0) is 6.18 Å². The Morgan fingerprint density at radius 1 is 1.47 bits per heavy atom. The molecular formula is C11H7ClF3NO. The summed E-state index contributed by atoms with van der Waals surface area (Å²) in [7, 11) is 0. The van der Waals surface area contributed by atoms with Crippen molar-refractivity contribution in [3.05, 3.63) is 34.4 Å². The summed E-state index contributed by atoms with van der Waals surface area (Å²) in [6, 6.07) is 3.21. The van der Waals surface area contributed by atoms with Gasteiger partial charge in [0.25, 0.3) is 0 Å². The van der Waals surface area contributed by atoms with Gasteiger partial charge in [0.05, 0.1) is 17.0 Å². The monoisotopic (exact) mass is 261 g/mol. The molecule has 0 bridgehead atoms. The summed E-state index contributed by atoms with van der Waals surface area (Å²) in [5.41, 5.74) is -1.20. The summed E-state index contributed by atoms with van der Waals surface area (Å²) in [6.07, 6.45) is -4.56. The fourth-order valence-corrected chi connectivity index (χ4v) is 1.54. The molecule has 0 amide bonds. The molecule has 0 saturated heterocycles.